The zero-order valence-electron chi connectivity index (χ0n) is 15.9. The zero-order valence-corrected chi connectivity index (χ0v) is 15.9. The molecule has 1 heterocycles. The Hall–Kier alpha value is -3.66. The minimum atomic E-state index is -0.365. The maximum Gasteiger partial charge on any atom is 0.255 e. The normalized spacial score (nSPS) is 13.2. The molecule has 3 aromatic rings. The maximum atomic E-state index is 13.2. The van der Waals surface area contributed by atoms with Crippen molar-refractivity contribution in [3.05, 3.63) is 107 Å². The van der Waals surface area contributed by atoms with E-state index in [1.165, 1.54) is 24.3 Å². The standard InChI is InChI=1S/C25H21FN2O/c26-21-15-13-20(14-16-21)25(29)28-23-9-4-8-19(24(23)22-10-5-17-27-22)12-11-18-6-2-1-3-7-18/h1-4,6-16,27H,5,17H2,(H,28,29)/b12-11+. The third-order valence-electron chi connectivity index (χ3n) is 4.78. The molecule has 1 amide bonds. The smallest absolute Gasteiger partial charge is 0.255 e. The van der Waals surface area contributed by atoms with Crippen LogP contribution < -0.4 is 10.6 Å². The van der Waals surface area contributed by atoms with Crippen molar-refractivity contribution < 1.29 is 9.18 Å². The molecule has 0 radical (unpaired) electrons. The van der Waals surface area contributed by atoms with Crippen LogP contribution in [0.15, 0.2) is 78.9 Å². The molecule has 4 rings (SSSR count). The summed E-state index contributed by atoms with van der Waals surface area (Å²) in [5, 5.41) is 6.38. The highest BCUT2D eigenvalue weighted by Crippen LogP contribution is 2.30. The number of carbonyl (C=O) groups excluding carboxylic acids is 1. The molecule has 0 unspecified atom stereocenters. The summed E-state index contributed by atoms with van der Waals surface area (Å²) < 4.78 is 13.2. The molecule has 144 valence electrons. The predicted octanol–water partition coefficient (Wildman–Crippen LogP) is 5.58. The van der Waals surface area contributed by atoms with Crippen LogP contribution in [0.3, 0.4) is 0 Å². The summed E-state index contributed by atoms with van der Waals surface area (Å²) in [5.41, 5.74) is 5.20. The van der Waals surface area contributed by atoms with E-state index in [0.29, 0.717) is 5.56 Å². The van der Waals surface area contributed by atoms with Crippen molar-refractivity contribution in [3.8, 4) is 0 Å². The van der Waals surface area contributed by atoms with E-state index in [4.69, 9.17) is 0 Å². The van der Waals surface area contributed by atoms with Crippen LogP contribution in [-0.4, -0.2) is 12.5 Å². The van der Waals surface area contributed by atoms with Crippen molar-refractivity contribution in [2.45, 2.75) is 6.42 Å². The zero-order chi connectivity index (χ0) is 20.1. The molecular weight excluding hydrogens is 363 g/mol. The Balaban J connectivity index is 1.69. The second-order valence-electron chi connectivity index (χ2n) is 6.81. The van der Waals surface area contributed by atoms with Gasteiger partial charge in [-0.15, -0.1) is 0 Å². The first kappa shape index (κ1) is 18.7. The molecule has 0 saturated carbocycles. The van der Waals surface area contributed by atoms with Gasteiger partial charge in [-0.05, 0) is 47.9 Å². The fourth-order valence-electron chi connectivity index (χ4n) is 3.35. The molecule has 0 bridgehead atoms. The number of halogens is 1. The number of nitrogens with one attached hydrogen (secondary N) is 2. The van der Waals surface area contributed by atoms with Crippen LogP contribution >= 0.6 is 0 Å². The van der Waals surface area contributed by atoms with Gasteiger partial charge in [0, 0.05) is 23.4 Å². The lowest BCUT2D eigenvalue weighted by Gasteiger charge is -2.16. The summed E-state index contributed by atoms with van der Waals surface area (Å²) in [5.74, 6) is -0.635. The number of rotatable bonds is 5. The predicted molar refractivity (Wildman–Crippen MR) is 117 cm³/mol. The lowest BCUT2D eigenvalue weighted by Crippen LogP contribution is -2.15. The van der Waals surface area contributed by atoms with Crippen molar-refractivity contribution in [1.29, 1.82) is 0 Å². The molecule has 4 heteroatoms. The average molecular weight is 384 g/mol. The second kappa shape index (κ2) is 8.57. The highest BCUT2D eigenvalue weighted by Gasteiger charge is 2.16. The van der Waals surface area contributed by atoms with Crippen molar-refractivity contribution in [2.75, 3.05) is 11.9 Å². The average Bonchev–Trinajstić information content (AvgIpc) is 3.28. The third-order valence-corrected chi connectivity index (χ3v) is 4.78. The molecule has 3 aromatic carbocycles. The van der Waals surface area contributed by atoms with Gasteiger partial charge in [-0.25, -0.2) is 4.39 Å². The lowest BCUT2D eigenvalue weighted by molar-refractivity contribution is 0.102. The first-order valence-corrected chi connectivity index (χ1v) is 9.58. The Morgan fingerprint density at radius 2 is 1.72 bits per heavy atom. The monoisotopic (exact) mass is 384 g/mol. The minimum Gasteiger partial charge on any atom is -0.384 e. The first-order chi connectivity index (χ1) is 14.2. The fraction of sp³-hybridized carbons (Fsp3) is 0.0800. The van der Waals surface area contributed by atoms with Crippen LogP contribution in [0, 0.1) is 5.82 Å². The van der Waals surface area contributed by atoms with Crippen molar-refractivity contribution in [2.24, 2.45) is 0 Å². The summed E-state index contributed by atoms with van der Waals surface area (Å²) in [6.45, 7) is 0.872. The molecule has 3 nitrogen and oxygen atoms in total. The number of hydrogen-bond acceptors (Lipinski definition) is 2. The minimum absolute atomic E-state index is 0.269. The molecular formula is C25H21FN2O. The molecule has 1 aliphatic heterocycles. The van der Waals surface area contributed by atoms with Crippen molar-refractivity contribution >= 4 is 29.4 Å². The number of anilines is 1. The molecule has 1 aliphatic rings. The Morgan fingerprint density at radius 1 is 0.931 bits per heavy atom. The van der Waals surface area contributed by atoms with E-state index in [9.17, 15) is 9.18 Å². The van der Waals surface area contributed by atoms with Gasteiger partial charge in [0.05, 0.1) is 5.69 Å². The number of benzene rings is 3. The molecule has 0 spiro atoms. The van der Waals surface area contributed by atoms with Gasteiger partial charge in [0.1, 0.15) is 5.82 Å². The molecule has 0 aliphatic carbocycles. The maximum absolute atomic E-state index is 13.2. The van der Waals surface area contributed by atoms with Crippen LogP contribution in [0.2, 0.25) is 0 Å². The van der Waals surface area contributed by atoms with E-state index in [1.807, 2.05) is 48.5 Å². The second-order valence-corrected chi connectivity index (χ2v) is 6.81. The van der Waals surface area contributed by atoms with E-state index >= 15 is 0 Å². The topological polar surface area (TPSA) is 41.1 Å². The highest BCUT2D eigenvalue weighted by molar-refractivity contribution is 6.06. The van der Waals surface area contributed by atoms with Gasteiger partial charge in [0.15, 0.2) is 0 Å². The fourth-order valence-corrected chi connectivity index (χ4v) is 3.35. The van der Waals surface area contributed by atoms with Gasteiger partial charge in [-0.2, -0.15) is 0 Å². The summed E-state index contributed by atoms with van der Waals surface area (Å²) in [6, 6.07) is 21.5. The summed E-state index contributed by atoms with van der Waals surface area (Å²) in [6.07, 6.45) is 7.19. The van der Waals surface area contributed by atoms with Crippen LogP contribution in [0.4, 0.5) is 10.1 Å². The van der Waals surface area contributed by atoms with Gasteiger partial charge in [0.25, 0.3) is 5.91 Å². The van der Waals surface area contributed by atoms with Gasteiger partial charge < -0.3 is 10.6 Å². The molecule has 0 atom stereocenters. The summed E-state index contributed by atoms with van der Waals surface area (Å²) in [4.78, 5) is 12.7. The van der Waals surface area contributed by atoms with Crippen LogP contribution in [0.5, 0.6) is 0 Å². The van der Waals surface area contributed by atoms with E-state index in [1.54, 1.807) is 0 Å². The molecule has 29 heavy (non-hydrogen) atoms. The molecule has 0 aromatic heterocycles. The first-order valence-electron chi connectivity index (χ1n) is 9.58. The number of hydrogen-bond donors (Lipinski definition) is 2. The van der Waals surface area contributed by atoms with Crippen molar-refractivity contribution in [3.63, 3.8) is 0 Å². The van der Waals surface area contributed by atoms with Gasteiger partial charge in [-0.1, -0.05) is 60.7 Å². The largest absolute Gasteiger partial charge is 0.384 e. The molecule has 0 saturated heterocycles. The van der Waals surface area contributed by atoms with E-state index < -0.39 is 0 Å². The molecule has 2 N–H and O–H groups in total. The van der Waals surface area contributed by atoms with Gasteiger partial charge >= 0.3 is 0 Å². The Bertz CT molecular complexity index is 1070. The van der Waals surface area contributed by atoms with E-state index in [2.05, 4.69) is 28.9 Å². The summed E-state index contributed by atoms with van der Waals surface area (Å²) in [7, 11) is 0. The number of carbonyl (C=O) groups is 1. The summed E-state index contributed by atoms with van der Waals surface area (Å²) >= 11 is 0. The quantitative estimate of drug-likeness (QED) is 0.564. The van der Waals surface area contributed by atoms with Crippen molar-refractivity contribution in [1.82, 2.24) is 5.32 Å². The Morgan fingerprint density at radius 3 is 2.45 bits per heavy atom. The highest BCUT2D eigenvalue weighted by atomic mass is 19.1. The van der Waals surface area contributed by atoms with Crippen LogP contribution in [0.1, 0.15) is 33.5 Å². The van der Waals surface area contributed by atoms with Crippen LogP contribution in [0.25, 0.3) is 17.8 Å². The van der Waals surface area contributed by atoms with E-state index in [0.717, 1.165) is 41.0 Å². The van der Waals surface area contributed by atoms with Gasteiger partial charge in [-0.3, -0.25) is 4.79 Å². The number of amides is 1. The third kappa shape index (κ3) is 4.43. The Kier molecular flexibility index (Phi) is 5.52. The lowest BCUT2D eigenvalue weighted by atomic mass is 10.0. The van der Waals surface area contributed by atoms with Crippen LogP contribution in [-0.2, 0) is 0 Å². The molecule has 0 fully saturated rings. The van der Waals surface area contributed by atoms with Gasteiger partial charge in [0.2, 0.25) is 0 Å². The van der Waals surface area contributed by atoms with E-state index in [-0.39, 0.29) is 11.7 Å². The SMILES string of the molecule is O=C(Nc1cccc(/C=C/c2ccccc2)c1C1=CCCN1)c1ccc(F)cc1. The Labute approximate surface area is 169 Å².